The van der Waals surface area contributed by atoms with Crippen LogP contribution in [0, 0.1) is 5.92 Å². The summed E-state index contributed by atoms with van der Waals surface area (Å²) in [6.45, 7) is 7.34. The molecule has 3 nitrogen and oxygen atoms in total. The standard InChI is InChI=1S/C16H33N3/c1-4-10-17-15-6-5-7-16(15)19(3)13-14-8-11-18(2)12-9-14/h14-17H,4-13H2,1-3H3. The van der Waals surface area contributed by atoms with E-state index in [9.17, 15) is 0 Å². The van der Waals surface area contributed by atoms with Gasteiger partial charge in [0.15, 0.2) is 0 Å². The van der Waals surface area contributed by atoms with Crippen LogP contribution in [-0.2, 0) is 0 Å². The molecule has 0 bridgehead atoms. The molecule has 1 heterocycles. The molecule has 0 spiro atoms. The van der Waals surface area contributed by atoms with Crippen molar-refractivity contribution >= 4 is 0 Å². The fourth-order valence-corrected chi connectivity index (χ4v) is 3.82. The summed E-state index contributed by atoms with van der Waals surface area (Å²) >= 11 is 0. The number of nitrogens with zero attached hydrogens (tertiary/aromatic N) is 2. The van der Waals surface area contributed by atoms with Crippen LogP contribution in [0.15, 0.2) is 0 Å². The van der Waals surface area contributed by atoms with Gasteiger partial charge >= 0.3 is 0 Å². The summed E-state index contributed by atoms with van der Waals surface area (Å²) in [6, 6.07) is 1.53. The second-order valence-corrected chi connectivity index (χ2v) is 6.75. The van der Waals surface area contributed by atoms with Crippen LogP contribution in [0.2, 0.25) is 0 Å². The van der Waals surface area contributed by atoms with E-state index in [1.165, 1.54) is 64.7 Å². The number of rotatable bonds is 6. The van der Waals surface area contributed by atoms with Gasteiger partial charge in [-0.3, -0.25) is 0 Å². The lowest BCUT2D eigenvalue weighted by molar-refractivity contribution is 0.139. The molecule has 112 valence electrons. The van der Waals surface area contributed by atoms with Gasteiger partial charge in [0.05, 0.1) is 0 Å². The molecule has 1 saturated carbocycles. The van der Waals surface area contributed by atoms with E-state index in [0.717, 1.165) is 18.0 Å². The van der Waals surface area contributed by atoms with Crippen molar-refractivity contribution in [3.05, 3.63) is 0 Å². The lowest BCUT2D eigenvalue weighted by Gasteiger charge is -2.36. The van der Waals surface area contributed by atoms with Crippen LogP contribution in [0.4, 0.5) is 0 Å². The Morgan fingerprint density at radius 1 is 1.16 bits per heavy atom. The van der Waals surface area contributed by atoms with E-state index in [2.05, 4.69) is 36.1 Å². The molecule has 0 aromatic heterocycles. The minimum absolute atomic E-state index is 0.746. The molecule has 2 aliphatic rings. The van der Waals surface area contributed by atoms with E-state index in [-0.39, 0.29) is 0 Å². The molecule has 1 saturated heterocycles. The van der Waals surface area contributed by atoms with E-state index >= 15 is 0 Å². The van der Waals surface area contributed by atoms with Crippen molar-refractivity contribution in [3.8, 4) is 0 Å². The van der Waals surface area contributed by atoms with Gasteiger partial charge in [-0.15, -0.1) is 0 Å². The van der Waals surface area contributed by atoms with Crippen molar-refractivity contribution in [2.24, 2.45) is 5.92 Å². The van der Waals surface area contributed by atoms with Crippen molar-refractivity contribution in [1.29, 1.82) is 0 Å². The quantitative estimate of drug-likeness (QED) is 0.796. The van der Waals surface area contributed by atoms with Crippen LogP contribution in [0.3, 0.4) is 0 Å². The third-order valence-corrected chi connectivity index (χ3v) is 5.09. The molecular weight excluding hydrogens is 234 g/mol. The first-order valence-corrected chi connectivity index (χ1v) is 8.33. The second kappa shape index (κ2) is 7.61. The largest absolute Gasteiger partial charge is 0.312 e. The van der Waals surface area contributed by atoms with Gasteiger partial charge in [-0.2, -0.15) is 0 Å². The molecular formula is C16H33N3. The number of hydrogen-bond donors (Lipinski definition) is 1. The maximum absolute atomic E-state index is 3.76. The van der Waals surface area contributed by atoms with Gasteiger partial charge in [0.1, 0.15) is 0 Å². The lowest BCUT2D eigenvalue weighted by atomic mass is 9.95. The van der Waals surface area contributed by atoms with Crippen LogP contribution in [-0.4, -0.2) is 62.2 Å². The third-order valence-electron chi connectivity index (χ3n) is 5.09. The lowest BCUT2D eigenvalue weighted by Crippen LogP contribution is -2.47. The third kappa shape index (κ3) is 4.44. The zero-order valence-electron chi connectivity index (χ0n) is 13.2. The van der Waals surface area contributed by atoms with Crippen molar-refractivity contribution in [2.45, 2.75) is 57.5 Å². The number of likely N-dealkylation sites (tertiary alicyclic amines) is 1. The minimum Gasteiger partial charge on any atom is -0.312 e. The maximum atomic E-state index is 3.76. The Kier molecular flexibility index (Phi) is 6.11. The summed E-state index contributed by atoms with van der Waals surface area (Å²) < 4.78 is 0. The predicted octanol–water partition coefficient (Wildman–Crippen LogP) is 2.18. The van der Waals surface area contributed by atoms with E-state index in [1.807, 2.05) is 0 Å². The smallest absolute Gasteiger partial charge is 0.0246 e. The normalized spacial score (nSPS) is 30.3. The average Bonchev–Trinajstić information content (AvgIpc) is 2.87. The molecule has 1 N–H and O–H groups in total. The van der Waals surface area contributed by atoms with Crippen LogP contribution >= 0.6 is 0 Å². The zero-order chi connectivity index (χ0) is 13.7. The summed E-state index contributed by atoms with van der Waals surface area (Å²) in [5.41, 5.74) is 0. The molecule has 2 atom stereocenters. The van der Waals surface area contributed by atoms with Crippen LogP contribution in [0.25, 0.3) is 0 Å². The van der Waals surface area contributed by atoms with Gasteiger partial charge in [-0.25, -0.2) is 0 Å². The first kappa shape index (κ1) is 15.3. The number of hydrogen-bond acceptors (Lipinski definition) is 3. The number of nitrogens with one attached hydrogen (secondary N) is 1. The molecule has 2 rings (SSSR count). The van der Waals surface area contributed by atoms with Gasteiger partial charge < -0.3 is 15.1 Å². The Hall–Kier alpha value is -0.120. The van der Waals surface area contributed by atoms with Gasteiger partial charge in [-0.05, 0) is 71.8 Å². The van der Waals surface area contributed by atoms with E-state index in [0.29, 0.717) is 0 Å². The molecule has 0 radical (unpaired) electrons. The Bertz CT molecular complexity index is 248. The predicted molar refractivity (Wildman–Crippen MR) is 82.6 cm³/mol. The molecule has 0 amide bonds. The number of likely N-dealkylation sites (N-methyl/N-ethyl adjacent to an activating group) is 1. The maximum Gasteiger partial charge on any atom is 0.0246 e. The van der Waals surface area contributed by atoms with Gasteiger partial charge in [0.25, 0.3) is 0 Å². The summed E-state index contributed by atoms with van der Waals surface area (Å²) in [5, 5.41) is 3.76. The van der Waals surface area contributed by atoms with Crippen molar-refractivity contribution in [2.75, 3.05) is 40.3 Å². The minimum atomic E-state index is 0.746. The fraction of sp³-hybridized carbons (Fsp3) is 1.00. The summed E-state index contributed by atoms with van der Waals surface area (Å²) in [7, 11) is 4.61. The molecule has 19 heavy (non-hydrogen) atoms. The summed E-state index contributed by atoms with van der Waals surface area (Å²) in [5.74, 6) is 0.925. The molecule has 0 aromatic carbocycles. The molecule has 1 aliphatic heterocycles. The topological polar surface area (TPSA) is 18.5 Å². The van der Waals surface area contributed by atoms with Crippen molar-refractivity contribution < 1.29 is 0 Å². The van der Waals surface area contributed by atoms with Gasteiger partial charge in [-0.1, -0.05) is 13.3 Å². The monoisotopic (exact) mass is 267 g/mol. The highest BCUT2D eigenvalue weighted by atomic mass is 15.2. The molecule has 2 unspecified atom stereocenters. The molecule has 0 aromatic rings. The Morgan fingerprint density at radius 3 is 2.58 bits per heavy atom. The molecule has 1 aliphatic carbocycles. The summed E-state index contributed by atoms with van der Waals surface area (Å²) in [4.78, 5) is 5.13. The zero-order valence-corrected chi connectivity index (χ0v) is 13.2. The highest BCUT2D eigenvalue weighted by Gasteiger charge is 2.31. The van der Waals surface area contributed by atoms with Crippen LogP contribution < -0.4 is 5.32 Å². The highest BCUT2D eigenvalue weighted by molar-refractivity contribution is 4.90. The van der Waals surface area contributed by atoms with Crippen molar-refractivity contribution in [1.82, 2.24) is 15.1 Å². The summed E-state index contributed by atoms with van der Waals surface area (Å²) in [6.07, 6.45) is 8.21. The van der Waals surface area contributed by atoms with Crippen LogP contribution in [0.1, 0.15) is 45.4 Å². The van der Waals surface area contributed by atoms with E-state index < -0.39 is 0 Å². The Morgan fingerprint density at radius 2 is 1.89 bits per heavy atom. The van der Waals surface area contributed by atoms with E-state index in [1.54, 1.807) is 0 Å². The fourth-order valence-electron chi connectivity index (χ4n) is 3.82. The SMILES string of the molecule is CCCNC1CCCC1N(C)CC1CCN(C)CC1. The van der Waals surface area contributed by atoms with E-state index in [4.69, 9.17) is 0 Å². The van der Waals surface area contributed by atoms with Gasteiger partial charge in [0.2, 0.25) is 0 Å². The van der Waals surface area contributed by atoms with Gasteiger partial charge in [0, 0.05) is 18.6 Å². The molecule has 2 fully saturated rings. The average molecular weight is 267 g/mol. The first-order chi connectivity index (χ1) is 9.20. The van der Waals surface area contributed by atoms with Crippen molar-refractivity contribution in [3.63, 3.8) is 0 Å². The molecule has 3 heteroatoms. The second-order valence-electron chi connectivity index (χ2n) is 6.75. The Balaban J connectivity index is 1.76. The highest BCUT2D eigenvalue weighted by Crippen LogP contribution is 2.26. The van der Waals surface area contributed by atoms with Crippen LogP contribution in [0.5, 0.6) is 0 Å². The first-order valence-electron chi connectivity index (χ1n) is 8.33. The Labute approximate surface area is 119 Å². The number of piperidine rings is 1.